The number of primary amides is 1. The van der Waals surface area contributed by atoms with Crippen molar-refractivity contribution in [1.29, 1.82) is 0 Å². The lowest BCUT2D eigenvalue weighted by Crippen LogP contribution is -2.47. The third-order valence-corrected chi connectivity index (χ3v) is 13.1. The first-order valence-electron chi connectivity index (χ1n) is 12.6. The van der Waals surface area contributed by atoms with E-state index in [0.717, 1.165) is 30.0 Å². The molecule has 4 rings (SSSR count). The number of nitrogens with two attached hydrogens (primary N) is 1. The van der Waals surface area contributed by atoms with Gasteiger partial charge in [0, 0.05) is 42.7 Å². The molecule has 2 amide bonds. The number of ether oxygens (including phenoxy) is 3. The molecule has 2 aromatic carbocycles. The highest BCUT2D eigenvalue weighted by molar-refractivity contribution is 8.58. The Hall–Kier alpha value is -2.48. The van der Waals surface area contributed by atoms with E-state index in [2.05, 4.69) is 0 Å². The number of piperidine rings is 1. The Morgan fingerprint density at radius 2 is 1.76 bits per heavy atom. The lowest BCUT2D eigenvalue weighted by molar-refractivity contribution is -0.122. The molecule has 2 fully saturated rings. The maximum Gasteiger partial charge on any atom is 0.253 e. The fraction of sp³-hybridized carbons (Fsp3) is 0.481. The van der Waals surface area contributed by atoms with Crippen LogP contribution in [0.25, 0.3) is 0 Å². The summed E-state index contributed by atoms with van der Waals surface area (Å²) in [5.41, 5.74) is 6.38. The quantitative estimate of drug-likeness (QED) is 0.456. The third-order valence-electron chi connectivity index (χ3n) is 7.29. The van der Waals surface area contributed by atoms with Crippen LogP contribution in [0.1, 0.15) is 36.0 Å². The van der Waals surface area contributed by atoms with E-state index in [9.17, 15) is 14.2 Å². The van der Waals surface area contributed by atoms with Gasteiger partial charge in [-0.15, -0.1) is 0 Å². The Kier molecular flexibility index (Phi) is 8.88. The molecule has 2 aliphatic heterocycles. The monoisotopic (exact) mass is 546 g/mol. The molecule has 0 radical (unpaired) electrons. The van der Waals surface area contributed by atoms with Crippen molar-refractivity contribution in [2.24, 2.45) is 11.7 Å². The third kappa shape index (κ3) is 6.33. The minimum absolute atomic E-state index is 0.0241. The van der Waals surface area contributed by atoms with E-state index in [-0.39, 0.29) is 11.8 Å². The van der Waals surface area contributed by atoms with Crippen molar-refractivity contribution in [3.63, 3.8) is 0 Å². The summed E-state index contributed by atoms with van der Waals surface area (Å²) in [4.78, 5) is 27.9. The summed E-state index contributed by atoms with van der Waals surface area (Å²) in [6.07, 6.45) is -0.309. The molecule has 2 aliphatic rings. The van der Waals surface area contributed by atoms with E-state index in [1.807, 2.05) is 29.2 Å². The first-order valence-corrected chi connectivity index (χ1v) is 16.1. The van der Waals surface area contributed by atoms with Crippen LogP contribution in [-0.2, 0) is 14.1 Å². The Morgan fingerprint density at radius 3 is 2.38 bits per heavy atom. The molecular formula is C27H35N2O6PS. The fourth-order valence-electron chi connectivity index (χ4n) is 4.96. The van der Waals surface area contributed by atoms with E-state index in [0.29, 0.717) is 50.5 Å². The number of nitrogens with zero attached hydrogens (tertiary/aromatic N) is 1. The topological polar surface area (TPSA) is 108 Å². The molecule has 8 nitrogen and oxygen atoms in total. The van der Waals surface area contributed by atoms with Crippen molar-refractivity contribution in [3.05, 3.63) is 54.1 Å². The Bertz CT molecular complexity index is 1130. The minimum Gasteiger partial charge on any atom is -0.497 e. The molecule has 2 unspecified atom stereocenters. The first kappa shape index (κ1) is 27.6. The van der Waals surface area contributed by atoms with Gasteiger partial charge in [-0.05, 0) is 80.9 Å². The van der Waals surface area contributed by atoms with E-state index >= 15 is 0 Å². The zero-order chi connectivity index (χ0) is 26.5. The average Bonchev–Trinajstić information content (AvgIpc) is 2.92. The van der Waals surface area contributed by atoms with E-state index in [1.165, 1.54) is 11.4 Å². The molecule has 0 saturated carbocycles. The van der Waals surface area contributed by atoms with Gasteiger partial charge in [-0.3, -0.25) is 9.59 Å². The summed E-state index contributed by atoms with van der Waals surface area (Å²) in [5.74, 6) is 1.19. The second kappa shape index (κ2) is 11.9. The number of methoxy groups -OCH3 is 1. The predicted octanol–water partition coefficient (Wildman–Crippen LogP) is 4.66. The highest BCUT2D eigenvalue weighted by atomic mass is 32.7. The van der Waals surface area contributed by atoms with Gasteiger partial charge < -0.3 is 29.4 Å². The lowest BCUT2D eigenvalue weighted by atomic mass is 9.98. The van der Waals surface area contributed by atoms with Crippen LogP contribution in [0, 0.1) is 5.92 Å². The van der Waals surface area contributed by atoms with Crippen molar-refractivity contribution in [2.75, 3.05) is 46.7 Å². The highest BCUT2D eigenvalue weighted by Gasteiger charge is 2.51. The van der Waals surface area contributed by atoms with E-state index in [1.54, 1.807) is 38.0 Å². The molecule has 2 saturated heterocycles. The standard InChI is InChI=1S/C27H35N2O6PS/c1-33-22-7-5-21(6-8-22)25(30)29-15-3-4-20(18-29)19-35-23-9-11-24(12-10-23)37-36(2,32)27(26(28)31)13-16-34-17-14-27/h5-12,20H,3-4,13-19H2,1-2H3,(H2,28,31). The molecular weight excluding hydrogens is 511 g/mol. The second-order valence-electron chi connectivity index (χ2n) is 9.72. The van der Waals surface area contributed by atoms with Crippen molar-refractivity contribution >= 4 is 29.5 Å². The molecule has 2 N–H and O–H groups in total. The molecule has 10 heteroatoms. The Labute approximate surface area is 222 Å². The van der Waals surface area contributed by atoms with E-state index in [4.69, 9.17) is 19.9 Å². The van der Waals surface area contributed by atoms with E-state index < -0.39 is 17.4 Å². The molecule has 2 atom stereocenters. The molecule has 0 spiro atoms. The van der Waals surface area contributed by atoms with Gasteiger partial charge in [0.15, 0.2) is 6.34 Å². The zero-order valence-electron chi connectivity index (χ0n) is 21.4. The Balaban J connectivity index is 1.32. The predicted molar refractivity (Wildman–Crippen MR) is 145 cm³/mol. The summed E-state index contributed by atoms with van der Waals surface area (Å²) in [6, 6.07) is 14.6. The number of hydrogen-bond acceptors (Lipinski definition) is 7. The van der Waals surface area contributed by atoms with Crippen LogP contribution in [0.15, 0.2) is 53.4 Å². The first-order chi connectivity index (χ1) is 17.7. The number of hydrogen-bond donors (Lipinski definition) is 1. The van der Waals surface area contributed by atoms with Crippen LogP contribution < -0.4 is 15.2 Å². The van der Waals surface area contributed by atoms with Crippen LogP contribution in [0.2, 0.25) is 0 Å². The van der Waals surface area contributed by atoms with Crippen LogP contribution in [0.5, 0.6) is 11.5 Å². The molecule has 0 aromatic heterocycles. The van der Waals surface area contributed by atoms with Crippen molar-refractivity contribution in [3.8, 4) is 11.5 Å². The number of carbonyl (C=O) groups excluding carboxylic acids is 2. The smallest absolute Gasteiger partial charge is 0.253 e. The van der Waals surface area contributed by atoms with Crippen LogP contribution in [-0.4, -0.2) is 68.6 Å². The lowest BCUT2D eigenvalue weighted by Gasteiger charge is -2.38. The SMILES string of the molecule is COc1ccc(C(=O)N2CCCC(COc3ccc(SP(C)(=O)C4(C(N)=O)CCOCC4)cc3)C2)cc1. The summed E-state index contributed by atoms with van der Waals surface area (Å²) < 4.78 is 30.3. The number of benzene rings is 2. The molecule has 2 heterocycles. The summed E-state index contributed by atoms with van der Waals surface area (Å²) in [7, 11) is 1.60. The number of carbonyl (C=O) groups is 2. The molecule has 0 bridgehead atoms. The van der Waals surface area contributed by atoms with Crippen molar-refractivity contribution in [2.45, 2.75) is 35.7 Å². The molecule has 2 aromatic rings. The van der Waals surface area contributed by atoms with Gasteiger partial charge in [-0.25, -0.2) is 0 Å². The van der Waals surface area contributed by atoms with Gasteiger partial charge in [-0.2, -0.15) is 0 Å². The van der Waals surface area contributed by atoms with Crippen molar-refractivity contribution in [1.82, 2.24) is 4.90 Å². The van der Waals surface area contributed by atoms with Gasteiger partial charge in [0.25, 0.3) is 5.91 Å². The number of rotatable bonds is 9. The van der Waals surface area contributed by atoms with Crippen LogP contribution in [0.4, 0.5) is 0 Å². The molecule has 37 heavy (non-hydrogen) atoms. The molecule has 200 valence electrons. The number of likely N-dealkylation sites (tertiary alicyclic amines) is 1. The number of amides is 2. The zero-order valence-corrected chi connectivity index (χ0v) is 23.1. The second-order valence-corrected chi connectivity index (χ2v) is 15.6. The normalized spacial score (nSPS) is 21.0. The largest absolute Gasteiger partial charge is 0.497 e. The summed E-state index contributed by atoms with van der Waals surface area (Å²) in [5, 5.41) is -1.04. The van der Waals surface area contributed by atoms with Gasteiger partial charge in [0.05, 0.1) is 13.7 Å². The average molecular weight is 547 g/mol. The molecule has 0 aliphatic carbocycles. The van der Waals surface area contributed by atoms with Crippen molar-refractivity contribution < 1.29 is 28.4 Å². The summed E-state index contributed by atoms with van der Waals surface area (Å²) in [6.45, 7) is 4.33. The highest BCUT2D eigenvalue weighted by Crippen LogP contribution is 2.70. The van der Waals surface area contributed by atoms with Gasteiger partial charge >= 0.3 is 0 Å². The minimum atomic E-state index is -3.00. The fourth-order valence-corrected chi connectivity index (χ4v) is 10.1. The van der Waals surface area contributed by atoms with Gasteiger partial charge in [-0.1, -0.05) is 11.4 Å². The van der Waals surface area contributed by atoms with Crippen LogP contribution in [0.3, 0.4) is 0 Å². The maximum absolute atomic E-state index is 13.7. The Morgan fingerprint density at radius 1 is 1.11 bits per heavy atom. The summed E-state index contributed by atoms with van der Waals surface area (Å²) >= 11 is 1.23. The maximum atomic E-state index is 13.7. The van der Waals surface area contributed by atoms with Gasteiger partial charge in [0.2, 0.25) is 5.91 Å². The van der Waals surface area contributed by atoms with Crippen LogP contribution >= 0.6 is 17.7 Å². The van der Waals surface area contributed by atoms with Gasteiger partial charge in [0.1, 0.15) is 16.7 Å².